The second kappa shape index (κ2) is 6.11. The molecule has 2 rings (SSSR count). The third kappa shape index (κ3) is 3.29. The molecule has 0 spiro atoms. The number of thiazole rings is 1. The summed E-state index contributed by atoms with van der Waals surface area (Å²) in [7, 11) is 1.53. The van der Waals surface area contributed by atoms with E-state index in [2.05, 4.69) is 20.6 Å². The quantitative estimate of drug-likeness (QED) is 0.765. The van der Waals surface area contributed by atoms with Crippen molar-refractivity contribution in [1.29, 1.82) is 0 Å². The molecular formula is C12H12N4O3S. The first-order chi connectivity index (χ1) is 9.60. The maximum absolute atomic E-state index is 11.4. The molecule has 0 aliphatic carbocycles. The second-order valence-corrected chi connectivity index (χ2v) is 4.74. The fourth-order valence-corrected chi connectivity index (χ4v) is 2.17. The number of carboxylic acids is 1. The smallest absolute Gasteiger partial charge is 0.355 e. The number of rotatable bonds is 5. The van der Waals surface area contributed by atoms with Crippen LogP contribution in [0.2, 0.25) is 0 Å². The molecule has 1 amide bonds. The first-order valence-electron chi connectivity index (χ1n) is 5.70. The van der Waals surface area contributed by atoms with Crippen LogP contribution in [-0.4, -0.2) is 34.0 Å². The first-order valence-corrected chi connectivity index (χ1v) is 6.58. The van der Waals surface area contributed by atoms with Gasteiger partial charge in [0, 0.05) is 24.3 Å². The molecule has 0 aliphatic heterocycles. The number of nitrogens with zero attached hydrogens (tertiary/aromatic N) is 2. The van der Waals surface area contributed by atoms with Crippen molar-refractivity contribution in [1.82, 2.24) is 15.3 Å². The second-order valence-electron chi connectivity index (χ2n) is 3.79. The molecule has 0 bridgehead atoms. The molecule has 0 unspecified atom stereocenters. The summed E-state index contributed by atoms with van der Waals surface area (Å²) in [5, 5.41) is 16.5. The van der Waals surface area contributed by atoms with Gasteiger partial charge in [0.05, 0.1) is 6.54 Å². The van der Waals surface area contributed by atoms with Crippen LogP contribution in [0, 0.1) is 0 Å². The van der Waals surface area contributed by atoms with Crippen molar-refractivity contribution in [3.8, 4) is 0 Å². The predicted molar refractivity (Wildman–Crippen MR) is 74.0 cm³/mol. The average Bonchev–Trinajstić information content (AvgIpc) is 2.93. The van der Waals surface area contributed by atoms with Gasteiger partial charge in [-0.1, -0.05) is 0 Å². The molecule has 0 saturated heterocycles. The molecule has 20 heavy (non-hydrogen) atoms. The number of aromatic nitrogens is 2. The Balaban J connectivity index is 2.03. The van der Waals surface area contributed by atoms with E-state index in [1.165, 1.54) is 30.0 Å². The Morgan fingerprint density at radius 1 is 1.40 bits per heavy atom. The lowest BCUT2D eigenvalue weighted by Crippen LogP contribution is -2.19. The molecular weight excluding hydrogens is 280 g/mol. The standard InChI is InChI=1S/C12H12N4O3S/c1-13-11(17)8-4-7(2-3-14-8)15-5-10-16-9(6-20-10)12(18)19/h2-4,6H,5H2,1H3,(H,13,17)(H,14,15)(H,18,19). The van der Waals surface area contributed by atoms with Gasteiger partial charge >= 0.3 is 5.97 Å². The van der Waals surface area contributed by atoms with Gasteiger partial charge in [0.1, 0.15) is 10.7 Å². The van der Waals surface area contributed by atoms with Crippen LogP contribution >= 0.6 is 11.3 Å². The van der Waals surface area contributed by atoms with Gasteiger partial charge < -0.3 is 15.7 Å². The zero-order valence-corrected chi connectivity index (χ0v) is 11.4. The van der Waals surface area contributed by atoms with Gasteiger partial charge in [-0.15, -0.1) is 11.3 Å². The number of pyridine rings is 1. The number of carbonyl (C=O) groups is 2. The van der Waals surface area contributed by atoms with Crippen LogP contribution in [0.4, 0.5) is 5.69 Å². The van der Waals surface area contributed by atoms with Crippen molar-refractivity contribution >= 4 is 28.9 Å². The summed E-state index contributed by atoms with van der Waals surface area (Å²) in [6, 6.07) is 3.34. The maximum atomic E-state index is 11.4. The number of carboxylic acid groups (broad SMARTS) is 1. The number of amides is 1. The molecule has 0 fully saturated rings. The van der Waals surface area contributed by atoms with Crippen LogP contribution in [-0.2, 0) is 6.54 Å². The normalized spacial score (nSPS) is 10.1. The molecule has 0 saturated carbocycles. The number of anilines is 1. The summed E-state index contributed by atoms with van der Waals surface area (Å²) in [4.78, 5) is 30.1. The summed E-state index contributed by atoms with van der Waals surface area (Å²) in [5.74, 6) is -1.31. The first kappa shape index (κ1) is 13.9. The van der Waals surface area contributed by atoms with Crippen LogP contribution in [0.3, 0.4) is 0 Å². The molecule has 104 valence electrons. The van der Waals surface area contributed by atoms with Crippen LogP contribution in [0.1, 0.15) is 26.0 Å². The van der Waals surface area contributed by atoms with E-state index in [1.807, 2.05) is 0 Å². The number of hydrogen-bond acceptors (Lipinski definition) is 6. The van der Waals surface area contributed by atoms with Gasteiger partial charge in [-0.2, -0.15) is 0 Å². The molecule has 8 heteroatoms. The third-order valence-corrected chi connectivity index (χ3v) is 3.28. The highest BCUT2D eigenvalue weighted by Crippen LogP contribution is 2.13. The van der Waals surface area contributed by atoms with Gasteiger partial charge in [0.2, 0.25) is 0 Å². The summed E-state index contributed by atoms with van der Waals surface area (Å²) < 4.78 is 0. The third-order valence-electron chi connectivity index (χ3n) is 2.43. The highest BCUT2D eigenvalue weighted by molar-refractivity contribution is 7.09. The van der Waals surface area contributed by atoms with E-state index in [9.17, 15) is 9.59 Å². The zero-order valence-electron chi connectivity index (χ0n) is 10.6. The summed E-state index contributed by atoms with van der Waals surface area (Å²) >= 11 is 1.26. The zero-order chi connectivity index (χ0) is 14.5. The summed E-state index contributed by atoms with van der Waals surface area (Å²) in [6.45, 7) is 0.384. The minimum absolute atomic E-state index is 0.0348. The van der Waals surface area contributed by atoms with E-state index in [0.717, 1.165) is 0 Å². The molecule has 2 heterocycles. The number of nitrogens with one attached hydrogen (secondary N) is 2. The minimum atomic E-state index is -1.04. The molecule has 3 N–H and O–H groups in total. The van der Waals surface area contributed by atoms with E-state index in [0.29, 0.717) is 22.9 Å². The lowest BCUT2D eigenvalue weighted by molar-refractivity contribution is 0.0691. The van der Waals surface area contributed by atoms with Crippen LogP contribution in [0.15, 0.2) is 23.7 Å². The van der Waals surface area contributed by atoms with E-state index in [1.54, 1.807) is 12.1 Å². The van der Waals surface area contributed by atoms with E-state index in [-0.39, 0.29) is 11.6 Å². The molecule has 0 aromatic carbocycles. The fourth-order valence-electron chi connectivity index (χ4n) is 1.46. The van der Waals surface area contributed by atoms with Crippen LogP contribution in [0.25, 0.3) is 0 Å². The largest absolute Gasteiger partial charge is 0.476 e. The Morgan fingerprint density at radius 2 is 2.20 bits per heavy atom. The van der Waals surface area contributed by atoms with Gasteiger partial charge in [-0.3, -0.25) is 9.78 Å². The lowest BCUT2D eigenvalue weighted by atomic mass is 10.3. The fraction of sp³-hybridized carbons (Fsp3) is 0.167. The van der Waals surface area contributed by atoms with Gasteiger partial charge in [-0.25, -0.2) is 9.78 Å². The molecule has 0 aliphatic rings. The van der Waals surface area contributed by atoms with Gasteiger partial charge in [0.25, 0.3) is 5.91 Å². The highest BCUT2D eigenvalue weighted by Gasteiger charge is 2.09. The van der Waals surface area contributed by atoms with Gasteiger partial charge in [-0.05, 0) is 12.1 Å². The summed E-state index contributed by atoms with van der Waals surface area (Å²) in [5.41, 5.74) is 1.06. The topological polar surface area (TPSA) is 104 Å². The summed E-state index contributed by atoms with van der Waals surface area (Å²) in [6.07, 6.45) is 1.53. The molecule has 2 aromatic heterocycles. The molecule has 2 aromatic rings. The van der Waals surface area contributed by atoms with Crippen molar-refractivity contribution in [2.24, 2.45) is 0 Å². The van der Waals surface area contributed by atoms with Crippen molar-refractivity contribution in [3.63, 3.8) is 0 Å². The van der Waals surface area contributed by atoms with Gasteiger partial charge in [0.15, 0.2) is 5.69 Å². The number of aromatic carboxylic acids is 1. The Labute approximate surface area is 118 Å². The number of carbonyl (C=O) groups excluding carboxylic acids is 1. The highest BCUT2D eigenvalue weighted by atomic mass is 32.1. The monoisotopic (exact) mass is 292 g/mol. The van der Waals surface area contributed by atoms with Crippen molar-refractivity contribution in [2.45, 2.75) is 6.54 Å². The molecule has 7 nitrogen and oxygen atoms in total. The Bertz CT molecular complexity index is 641. The molecule has 0 atom stereocenters. The minimum Gasteiger partial charge on any atom is -0.476 e. The SMILES string of the molecule is CNC(=O)c1cc(NCc2nc(C(=O)O)cs2)ccn1. The predicted octanol–water partition coefficient (Wildman–Crippen LogP) is 1.21. The van der Waals surface area contributed by atoms with Crippen molar-refractivity contribution in [3.05, 3.63) is 40.1 Å². The van der Waals surface area contributed by atoms with Crippen LogP contribution in [0.5, 0.6) is 0 Å². The Kier molecular flexibility index (Phi) is 4.26. The van der Waals surface area contributed by atoms with Crippen LogP contribution < -0.4 is 10.6 Å². The van der Waals surface area contributed by atoms with Crippen molar-refractivity contribution in [2.75, 3.05) is 12.4 Å². The molecule has 0 radical (unpaired) electrons. The van der Waals surface area contributed by atoms with Crippen molar-refractivity contribution < 1.29 is 14.7 Å². The number of hydrogen-bond donors (Lipinski definition) is 3. The Morgan fingerprint density at radius 3 is 2.85 bits per heavy atom. The average molecular weight is 292 g/mol. The van der Waals surface area contributed by atoms with E-state index < -0.39 is 5.97 Å². The van der Waals surface area contributed by atoms with E-state index >= 15 is 0 Å². The van der Waals surface area contributed by atoms with E-state index in [4.69, 9.17) is 5.11 Å². The maximum Gasteiger partial charge on any atom is 0.355 e. The lowest BCUT2D eigenvalue weighted by Gasteiger charge is -2.05. The Hall–Kier alpha value is -2.48.